The molecule has 2 heterocycles. The van der Waals surface area contributed by atoms with E-state index in [4.69, 9.17) is 4.52 Å². The van der Waals surface area contributed by atoms with E-state index < -0.39 is 0 Å². The number of carbonyl (C=O) groups is 1. The molecule has 2 rings (SSSR count). The maximum atomic E-state index is 12.0. The SMILES string of the molecule is CC(C)(C)c1cc(NC(=O)c2ccnc(Br)c2)on1. The molecule has 0 spiro atoms. The van der Waals surface area contributed by atoms with Gasteiger partial charge in [-0.2, -0.15) is 0 Å². The minimum Gasteiger partial charge on any atom is -0.338 e. The Morgan fingerprint density at radius 1 is 1.37 bits per heavy atom. The lowest BCUT2D eigenvalue weighted by Crippen LogP contribution is -2.12. The van der Waals surface area contributed by atoms with Gasteiger partial charge in [0.25, 0.3) is 5.91 Å². The second kappa shape index (κ2) is 5.13. The quantitative estimate of drug-likeness (QED) is 0.860. The molecule has 0 aromatic carbocycles. The van der Waals surface area contributed by atoms with Gasteiger partial charge in [-0.1, -0.05) is 25.9 Å². The number of nitrogens with zero attached hydrogens (tertiary/aromatic N) is 2. The first-order chi connectivity index (χ1) is 8.86. The number of rotatable bonds is 2. The van der Waals surface area contributed by atoms with E-state index in [9.17, 15) is 4.79 Å². The second-order valence-corrected chi connectivity index (χ2v) is 5.96. The van der Waals surface area contributed by atoms with Crippen molar-refractivity contribution >= 4 is 27.7 Å². The summed E-state index contributed by atoms with van der Waals surface area (Å²) in [6, 6.07) is 4.99. The Labute approximate surface area is 119 Å². The largest absolute Gasteiger partial charge is 0.338 e. The van der Waals surface area contributed by atoms with Crippen LogP contribution in [0.25, 0.3) is 0 Å². The smallest absolute Gasteiger partial charge is 0.258 e. The lowest BCUT2D eigenvalue weighted by molar-refractivity contribution is 0.102. The zero-order chi connectivity index (χ0) is 14.0. The van der Waals surface area contributed by atoms with Crippen LogP contribution in [0.4, 0.5) is 5.88 Å². The van der Waals surface area contributed by atoms with Crippen molar-refractivity contribution in [2.24, 2.45) is 0 Å². The Hall–Kier alpha value is -1.69. The molecule has 0 aliphatic rings. The first-order valence-corrected chi connectivity index (χ1v) is 6.55. The summed E-state index contributed by atoms with van der Waals surface area (Å²) in [6.07, 6.45) is 1.56. The van der Waals surface area contributed by atoms with E-state index in [1.54, 1.807) is 24.4 Å². The fourth-order valence-electron chi connectivity index (χ4n) is 1.42. The van der Waals surface area contributed by atoms with Crippen LogP contribution in [-0.4, -0.2) is 16.0 Å². The minimum absolute atomic E-state index is 0.119. The topological polar surface area (TPSA) is 68.0 Å². The predicted molar refractivity (Wildman–Crippen MR) is 75.1 cm³/mol. The van der Waals surface area contributed by atoms with Crippen molar-refractivity contribution in [3.63, 3.8) is 0 Å². The van der Waals surface area contributed by atoms with Gasteiger partial charge in [-0.05, 0) is 28.1 Å². The van der Waals surface area contributed by atoms with Gasteiger partial charge in [0.15, 0.2) is 0 Å². The molecule has 2 aromatic rings. The summed E-state index contributed by atoms with van der Waals surface area (Å²) >= 11 is 3.22. The van der Waals surface area contributed by atoms with Crippen molar-refractivity contribution in [1.29, 1.82) is 0 Å². The fourth-order valence-corrected chi connectivity index (χ4v) is 1.78. The van der Waals surface area contributed by atoms with Crippen molar-refractivity contribution in [2.75, 3.05) is 5.32 Å². The molecule has 0 aliphatic carbocycles. The van der Waals surface area contributed by atoms with Crippen molar-refractivity contribution in [2.45, 2.75) is 26.2 Å². The highest BCUT2D eigenvalue weighted by Crippen LogP contribution is 2.23. The predicted octanol–water partition coefficient (Wildman–Crippen LogP) is 3.38. The summed E-state index contributed by atoms with van der Waals surface area (Å²) in [6.45, 7) is 6.07. The number of carbonyl (C=O) groups excluding carboxylic acids is 1. The third-order valence-electron chi connectivity index (χ3n) is 2.50. The van der Waals surface area contributed by atoms with Crippen LogP contribution in [0, 0.1) is 0 Å². The highest BCUT2D eigenvalue weighted by Gasteiger charge is 2.20. The van der Waals surface area contributed by atoms with Crippen molar-refractivity contribution in [3.05, 3.63) is 40.3 Å². The molecule has 1 N–H and O–H groups in total. The van der Waals surface area contributed by atoms with Crippen LogP contribution in [-0.2, 0) is 5.41 Å². The number of aromatic nitrogens is 2. The molecule has 0 aliphatic heterocycles. The average Bonchev–Trinajstić information content (AvgIpc) is 2.77. The number of pyridine rings is 1. The third kappa shape index (κ3) is 3.41. The Balaban J connectivity index is 2.13. The molecule has 0 atom stereocenters. The van der Waals surface area contributed by atoms with Crippen LogP contribution in [0.3, 0.4) is 0 Å². The van der Waals surface area contributed by atoms with Gasteiger partial charge in [0, 0.05) is 23.2 Å². The standard InChI is InChI=1S/C13H14BrN3O2/c1-13(2,3)9-7-11(19-17-9)16-12(18)8-4-5-15-10(14)6-8/h4-7H,1-3H3,(H,16,18). The number of amides is 1. The molecule has 100 valence electrons. The van der Waals surface area contributed by atoms with Crippen LogP contribution in [0.5, 0.6) is 0 Å². The Morgan fingerprint density at radius 2 is 2.11 bits per heavy atom. The molecule has 0 unspecified atom stereocenters. The molecule has 2 aromatic heterocycles. The molecular weight excluding hydrogens is 310 g/mol. The van der Waals surface area contributed by atoms with Crippen LogP contribution >= 0.6 is 15.9 Å². The second-order valence-electron chi connectivity index (χ2n) is 5.15. The maximum Gasteiger partial charge on any atom is 0.258 e. The lowest BCUT2D eigenvalue weighted by atomic mass is 9.92. The summed E-state index contributed by atoms with van der Waals surface area (Å²) < 4.78 is 5.71. The number of hydrogen-bond acceptors (Lipinski definition) is 4. The molecule has 0 saturated carbocycles. The summed E-state index contributed by atoms with van der Waals surface area (Å²) in [5.41, 5.74) is 1.17. The molecule has 6 heteroatoms. The zero-order valence-electron chi connectivity index (χ0n) is 10.9. The van der Waals surface area contributed by atoms with E-state index in [0.29, 0.717) is 16.1 Å². The highest BCUT2D eigenvalue weighted by molar-refractivity contribution is 9.10. The van der Waals surface area contributed by atoms with E-state index in [0.717, 1.165) is 5.69 Å². The van der Waals surface area contributed by atoms with Crippen LogP contribution in [0.1, 0.15) is 36.8 Å². The van der Waals surface area contributed by atoms with E-state index in [1.807, 2.05) is 20.8 Å². The van der Waals surface area contributed by atoms with Gasteiger partial charge in [-0.25, -0.2) is 4.98 Å². The van der Waals surface area contributed by atoms with E-state index >= 15 is 0 Å². The molecule has 1 amide bonds. The molecule has 0 fully saturated rings. The number of anilines is 1. The van der Waals surface area contributed by atoms with Gasteiger partial charge < -0.3 is 4.52 Å². The molecule has 5 nitrogen and oxygen atoms in total. The summed E-state index contributed by atoms with van der Waals surface area (Å²) in [5, 5.41) is 6.60. The number of nitrogens with one attached hydrogen (secondary N) is 1. The van der Waals surface area contributed by atoms with Gasteiger partial charge in [0.1, 0.15) is 4.60 Å². The first-order valence-electron chi connectivity index (χ1n) is 5.76. The fraction of sp³-hybridized carbons (Fsp3) is 0.308. The number of halogens is 1. The van der Waals surface area contributed by atoms with Crippen LogP contribution < -0.4 is 5.32 Å². The zero-order valence-corrected chi connectivity index (χ0v) is 12.5. The van der Waals surface area contributed by atoms with Crippen LogP contribution in [0.2, 0.25) is 0 Å². The summed E-state index contributed by atoms with van der Waals surface area (Å²) in [7, 11) is 0. The third-order valence-corrected chi connectivity index (χ3v) is 2.94. The first kappa shape index (κ1) is 13.7. The summed E-state index contributed by atoms with van der Waals surface area (Å²) in [4.78, 5) is 15.9. The molecule has 0 bridgehead atoms. The van der Waals surface area contributed by atoms with Gasteiger partial charge in [0.05, 0.1) is 5.69 Å². The Kier molecular flexibility index (Phi) is 3.71. The Morgan fingerprint density at radius 3 is 2.68 bits per heavy atom. The van der Waals surface area contributed by atoms with Gasteiger partial charge in [-0.15, -0.1) is 0 Å². The maximum absolute atomic E-state index is 12.0. The molecule has 0 saturated heterocycles. The molecule has 19 heavy (non-hydrogen) atoms. The van der Waals surface area contributed by atoms with Crippen molar-refractivity contribution < 1.29 is 9.32 Å². The van der Waals surface area contributed by atoms with Gasteiger partial charge in [-0.3, -0.25) is 10.1 Å². The normalized spacial score (nSPS) is 11.4. The van der Waals surface area contributed by atoms with E-state index in [2.05, 4.69) is 31.4 Å². The Bertz CT molecular complexity index is 602. The van der Waals surface area contributed by atoms with Crippen molar-refractivity contribution in [1.82, 2.24) is 10.1 Å². The highest BCUT2D eigenvalue weighted by atomic mass is 79.9. The molecule has 0 radical (unpaired) electrons. The lowest BCUT2D eigenvalue weighted by Gasteiger charge is -2.12. The minimum atomic E-state index is -0.264. The summed E-state index contributed by atoms with van der Waals surface area (Å²) in [5.74, 6) is 0.0718. The van der Waals surface area contributed by atoms with Gasteiger partial charge in [0.2, 0.25) is 5.88 Å². The van der Waals surface area contributed by atoms with E-state index in [-0.39, 0.29) is 11.3 Å². The van der Waals surface area contributed by atoms with Crippen molar-refractivity contribution in [3.8, 4) is 0 Å². The van der Waals surface area contributed by atoms with E-state index in [1.165, 1.54) is 0 Å². The molecular formula is C13H14BrN3O2. The van der Waals surface area contributed by atoms with Gasteiger partial charge >= 0.3 is 0 Å². The van der Waals surface area contributed by atoms with Crippen LogP contribution in [0.15, 0.2) is 33.5 Å². The monoisotopic (exact) mass is 323 g/mol. The average molecular weight is 324 g/mol. The number of hydrogen-bond donors (Lipinski definition) is 1.